The van der Waals surface area contributed by atoms with E-state index in [0.717, 1.165) is 31.7 Å². The van der Waals surface area contributed by atoms with Gasteiger partial charge in [-0.15, -0.1) is 0 Å². The van der Waals surface area contributed by atoms with E-state index >= 15 is 0 Å². The van der Waals surface area contributed by atoms with E-state index in [1.165, 1.54) is 5.56 Å². The molecule has 0 spiro atoms. The van der Waals surface area contributed by atoms with Crippen molar-refractivity contribution in [1.82, 2.24) is 4.90 Å². The molecule has 0 heterocycles. The van der Waals surface area contributed by atoms with Gasteiger partial charge < -0.3 is 14.7 Å². The Bertz CT molecular complexity index is 437. The molecule has 1 saturated carbocycles. The lowest BCUT2D eigenvalue weighted by atomic mass is 10.0. The first-order valence-corrected chi connectivity index (χ1v) is 6.56. The lowest BCUT2D eigenvalue weighted by Crippen LogP contribution is -2.28. The van der Waals surface area contributed by atoms with E-state index in [0.29, 0.717) is 6.42 Å². The predicted molar refractivity (Wildman–Crippen MR) is 73.2 cm³/mol. The van der Waals surface area contributed by atoms with E-state index in [2.05, 4.69) is 4.90 Å². The van der Waals surface area contributed by atoms with E-state index in [-0.39, 0.29) is 5.41 Å². The first-order chi connectivity index (χ1) is 9.03. The topological polar surface area (TPSA) is 49.8 Å². The summed E-state index contributed by atoms with van der Waals surface area (Å²) in [4.78, 5) is 13.0. The Labute approximate surface area is 114 Å². The van der Waals surface area contributed by atoms with Gasteiger partial charge in [0.05, 0.1) is 13.5 Å². The van der Waals surface area contributed by atoms with E-state index in [1.54, 1.807) is 7.11 Å². The highest BCUT2D eigenvalue weighted by Crippen LogP contribution is 2.49. The third kappa shape index (κ3) is 3.96. The maximum Gasteiger partial charge on any atom is 0.303 e. The van der Waals surface area contributed by atoms with Gasteiger partial charge in [0.25, 0.3) is 0 Å². The van der Waals surface area contributed by atoms with Crippen LogP contribution in [-0.2, 0) is 11.3 Å². The van der Waals surface area contributed by atoms with Crippen LogP contribution >= 0.6 is 0 Å². The molecule has 0 saturated heterocycles. The van der Waals surface area contributed by atoms with E-state index in [4.69, 9.17) is 9.84 Å². The Hall–Kier alpha value is -1.55. The Kier molecular flexibility index (Phi) is 4.10. The summed E-state index contributed by atoms with van der Waals surface area (Å²) < 4.78 is 5.13. The average molecular weight is 263 g/mol. The van der Waals surface area contributed by atoms with Crippen molar-refractivity contribution in [2.45, 2.75) is 25.8 Å². The summed E-state index contributed by atoms with van der Waals surface area (Å²) in [7, 11) is 3.70. The fourth-order valence-electron chi connectivity index (χ4n) is 2.56. The lowest BCUT2D eigenvalue weighted by Gasteiger charge is -2.22. The average Bonchev–Trinajstić information content (AvgIpc) is 3.08. The van der Waals surface area contributed by atoms with Gasteiger partial charge in [-0.05, 0) is 43.0 Å². The minimum absolute atomic E-state index is 0.0209. The normalized spacial score (nSPS) is 16.4. The molecule has 1 aliphatic rings. The van der Waals surface area contributed by atoms with Crippen molar-refractivity contribution >= 4 is 5.97 Å². The highest BCUT2D eigenvalue weighted by molar-refractivity contribution is 5.68. The number of carboxylic acids is 1. The van der Waals surface area contributed by atoms with Gasteiger partial charge in [0.15, 0.2) is 0 Å². The molecule has 4 nitrogen and oxygen atoms in total. The number of rotatable bonds is 7. The van der Waals surface area contributed by atoms with Gasteiger partial charge in [-0.2, -0.15) is 0 Å². The molecule has 0 atom stereocenters. The van der Waals surface area contributed by atoms with Crippen LogP contribution in [0.15, 0.2) is 24.3 Å². The Morgan fingerprint density at radius 1 is 1.37 bits per heavy atom. The minimum Gasteiger partial charge on any atom is -0.497 e. The third-order valence-corrected chi connectivity index (χ3v) is 3.70. The number of carbonyl (C=O) groups is 1. The number of benzene rings is 1. The van der Waals surface area contributed by atoms with E-state index < -0.39 is 5.97 Å². The highest BCUT2D eigenvalue weighted by Gasteiger charge is 2.44. The van der Waals surface area contributed by atoms with Crippen LogP contribution in [0.5, 0.6) is 5.75 Å². The molecule has 0 radical (unpaired) electrons. The van der Waals surface area contributed by atoms with Crippen LogP contribution < -0.4 is 4.74 Å². The molecular weight excluding hydrogens is 242 g/mol. The van der Waals surface area contributed by atoms with Crippen LogP contribution in [0.2, 0.25) is 0 Å². The highest BCUT2D eigenvalue weighted by atomic mass is 16.5. The molecule has 0 amide bonds. The van der Waals surface area contributed by atoms with Gasteiger partial charge in [0.1, 0.15) is 5.75 Å². The van der Waals surface area contributed by atoms with Gasteiger partial charge >= 0.3 is 5.97 Å². The summed E-state index contributed by atoms with van der Waals surface area (Å²) in [6, 6.07) is 8.00. The van der Waals surface area contributed by atoms with E-state index in [9.17, 15) is 4.79 Å². The molecule has 0 bridgehead atoms. The molecular formula is C15H21NO3. The standard InChI is InChI=1S/C15H21NO3/c1-16(11-15(7-8-15)9-14(17)18)10-12-3-5-13(19-2)6-4-12/h3-6H,7-11H2,1-2H3,(H,17,18). The van der Waals surface area contributed by atoms with Crippen molar-refractivity contribution in [3.63, 3.8) is 0 Å². The fraction of sp³-hybridized carbons (Fsp3) is 0.533. The van der Waals surface area contributed by atoms with Crippen molar-refractivity contribution in [2.24, 2.45) is 5.41 Å². The smallest absolute Gasteiger partial charge is 0.303 e. The fourth-order valence-corrected chi connectivity index (χ4v) is 2.56. The largest absolute Gasteiger partial charge is 0.497 e. The molecule has 1 aromatic rings. The van der Waals surface area contributed by atoms with Gasteiger partial charge in [-0.25, -0.2) is 0 Å². The number of nitrogens with zero attached hydrogens (tertiary/aromatic N) is 1. The zero-order chi connectivity index (χ0) is 13.9. The molecule has 4 heteroatoms. The quantitative estimate of drug-likeness (QED) is 0.820. The first kappa shape index (κ1) is 13.9. The molecule has 0 aromatic heterocycles. The summed E-state index contributed by atoms with van der Waals surface area (Å²) >= 11 is 0. The predicted octanol–water partition coefficient (Wildman–Crippen LogP) is 2.38. The molecule has 19 heavy (non-hydrogen) atoms. The lowest BCUT2D eigenvalue weighted by molar-refractivity contribution is -0.138. The van der Waals surface area contributed by atoms with Crippen molar-refractivity contribution in [3.05, 3.63) is 29.8 Å². The van der Waals surface area contributed by atoms with Crippen molar-refractivity contribution in [2.75, 3.05) is 20.7 Å². The SMILES string of the molecule is COc1ccc(CN(C)CC2(CC(=O)O)CC2)cc1. The zero-order valence-corrected chi connectivity index (χ0v) is 11.6. The Morgan fingerprint density at radius 2 is 2.00 bits per heavy atom. The van der Waals surface area contributed by atoms with Crippen LogP contribution in [0.25, 0.3) is 0 Å². The third-order valence-electron chi connectivity index (χ3n) is 3.70. The van der Waals surface area contributed by atoms with Gasteiger partial charge in [-0.3, -0.25) is 4.79 Å². The van der Waals surface area contributed by atoms with Gasteiger partial charge in [-0.1, -0.05) is 12.1 Å². The maximum absolute atomic E-state index is 10.8. The Balaban J connectivity index is 1.86. The number of hydrogen-bond acceptors (Lipinski definition) is 3. The second-order valence-corrected chi connectivity index (χ2v) is 5.59. The summed E-state index contributed by atoms with van der Waals surface area (Å²) in [6.07, 6.45) is 2.36. The molecule has 2 rings (SSSR count). The van der Waals surface area contributed by atoms with Crippen LogP contribution in [0, 0.1) is 5.41 Å². The monoisotopic (exact) mass is 263 g/mol. The molecule has 1 fully saturated rings. The molecule has 1 aliphatic carbocycles. The molecule has 104 valence electrons. The summed E-state index contributed by atoms with van der Waals surface area (Å²) in [6.45, 7) is 1.69. The van der Waals surface area contributed by atoms with Crippen LogP contribution in [0.1, 0.15) is 24.8 Å². The number of ether oxygens (including phenoxy) is 1. The summed E-state index contributed by atoms with van der Waals surface area (Å²) in [5.41, 5.74) is 1.24. The number of hydrogen-bond donors (Lipinski definition) is 1. The van der Waals surface area contributed by atoms with Crippen LogP contribution in [0.3, 0.4) is 0 Å². The molecule has 1 N–H and O–H groups in total. The summed E-state index contributed by atoms with van der Waals surface area (Å²) in [5.74, 6) is 0.172. The Morgan fingerprint density at radius 3 is 2.47 bits per heavy atom. The maximum atomic E-state index is 10.8. The first-order valence-electron chi connectivity index (χ1n) is 6.56. The number of carboxylic acid groups (broad SMARTS) is 1. The second-order valence-electron chi connectivity index (χ2n) is 5.59. The molecule has 0 unspecified atom stereocenters. The molecule has 1 aromatic carbocycles. The van der Waals surface area contributed by atoms with Crippen LogP contribution in [-0.4, -0.2) is 36.7 Å². The van der Waals surface area contributed by atoms with Gasteiger partial charge in [0, 0.05) is 13.1 Å². The van der Waals surface area contributed by atoms with E-state index in [1.807, 2.05) is 31.3 Å². The number of aliphatic carboxylic acids is 1. The van der Waals surface area contributed by atoms with Crippen molar-refractivity contribution in [1.29, 1.82) is 0 Å². The van der Waals surface area contributed by atoms with Crippen molar-refractivity contribution < 1.29 is 14.6 Å². The minimum atomic E-state index is -0.685. The summed E-state index contributed by atoms with van der Waals surface area (Å²) in [5, 5.41) is 8.92. The van der Waals surface area contributed by atoms with Crippen molar-refractivity contribution in [3.8, 4) is 5.75 Å². The zero-order valence-electron chi connectivity index (χ0n) is 11.6. The van der Waals surface area contributed by atoms with Gasteiger partial charge in [0.2, 0.25) is 0 Å². The number of methoxy groups -OCH3 is 1. The second kappa shape index (κ2) is 5.61. The van der Waals surface area contributed by atoms with Crippen LogP contribution in [0.4, 0.5) is 0 Å². The molecule has 0 aliphatic heterocycles.